The van der Waals surface area contributed by atoms with E-state index in [-0.39, 0.29) is 46.0 Å². The van der Waals surface area contributed by atoms with Gasteiger partial charge in [0.05, 0.1) is 36.6 Å². The molecule has 1 aliphatic carbocycles. The van der Waals surface area contributed by atoms with E-state index in [0.717, 1.165) is 12.8 Å². The molecule has 0 spiro atoms. The van der Waals surface area contributed by atoms with Crippen molar-refractivity contribution < 1.29 is 45.7 Å². The number of anilines is 1. The Bertz CT molecular complexity index is 1540. The Balaban J connectivity index is 1.59. The Morgan fingerprint density at radius 1 is 1.00 bits per heavy atom. The first-order chi connectivity index (χ1) is 20.5. The lowest BCUT2D eigenvalue weighted by atomic mass is 10.0. The van der Waals surface area contributed by atoms with Crippen LogP contribution in [-0.4, -0.2) is 52.6 Å². The van der Waals surface area contributed by atoms with Crippen LogP contribution in [0.3, 0.4) is 0 Å². The summed E-state index contributed by atoms with van der Waals surface area (Å²) in [7, 11) is -1.42. The van der Waals surface area contributed by atoms with Crippen LogP contribution in [0.4, 0.5) is 14.5 Å². The molecule has 43 heavy (non-hydrogen) atoms. The fraction of sp³-hybridized carbons (Fsp3) is 0.357. The molecule has 15 heteroatoms. The van der Waals surface area contributed by atoms with Crippen LogP contribution >= 0.6 is 23.2 Å². The van der Waals surface area contributed by atoms with E-state index >= 15 is 0 Å². The number of aromatic nitrogens is 1. The number of sulfonamides is 1. The van der Waals surface area contributed by atoms with Gasteiger partial charge in [-0.25, -0.2) is 8.42 Å². The molecule has 0 radical (unpaired) electrons. The maximum absolute atomic E-state index is 13.1. The number of alkyl halides is 2. The zero-order chi connectivity index (χ0) is 31.1. The summed E-state index contributed by atoms with van der Waals surface area (Å²) < 4.78 is 80.5. The molecule has 1 aromatic heterocycles. The highest BCUT2D eigenvalue weighted by atomic mass is 35.5. The first-order valence-electron chi connectivity index (χ1n) is 12.9. The summed E-state index contributed by atoms with van der Waals surface area (Å²) in [6.07, 6.45) is 3.37. The van der Waals surface area contributed by atoms with Crippen LogP contribution in [0.2, 0.25) is 10.0 Å². The van der Waals surface area contributed by atoms with E-state index in [9.17, 15) is 22.0 Å². The molecule has 1 aliphatic rings. The minimum Gasteiger partial charge on any atom is -0.493 e. The third-order valence-corrected chi connectivity index (χ3v) is 8.12. The van der Waals surface area contributed by atoms with Crippen LogP contribution in [0.1, 0.15) is 30.1 Å². The number of esters is 1. The van der Waals surface area contributed by atoms with Crippen molar-refractivity contribution in [1.29, 1.82) is 0 Å². The Morgan fingerprint density at radius 2 is 1.67 bits per heavy atom. The molecular formula is C28H28Cl2F2N2O8S. The van der Waals surface area contributed by atoms with Crippen LogP contribution in [0.5, 0.6) is 23.0 Å². The second-order valence-electron chi connectivity index (χ2n) is 9.53. The van der Waals surface area contributed by atoms with Crippen LogP contribution < -0.4 is 23.7 Å². The summed E-state index contributed by atoms with van der Waals surface area (Å²) in [4.78, 5) is 16.9. The zero-order valence-electron chi connectivity index (χ0n) is 23.0. The molecule has 1 heterocycles. The number of benzene rings is 2. The predicted molar refractivity (Wildman–Crippen MR) is 155 cm³/mol. The Hall–Kier alpha value is -3.55. The zero-order valence-corrected chi connectivity index (χ0v) is 25.3. The lowest BCUT2D eigenvalue weighted by Gasteiger charge is -2.21. The molecule has 1 unspecified atom stereocenters. The lowest BCUT2D eigenvalue weighted by molar-refractivity contribution is -0.146. The van der Waals surface area contributed by atoms with Gasteiger partial charge in [0.1, 0.15) is 6.10 Å². The van der Waals surface area contributed by atoms with E-state index < -0.39 is 34.5 Å². The molecule has 10 nitrogen and oxygen atoms in total. The number of halogens is 4. The molecule has 232 valence electrons. The van der Waals surface area contributed by atoms with Gasteiger partial charge in [-0.15, -0.1) is 0 Å². The summed E-state index contributed by atoms with van der Waals surface area (Å²) in [6, 6.07) is 8.39. The van der Waals surface area contributed by atoms with Crippen molar-refractivity contribution in [2.45, 2.75) is 32.0 Å². The lowest BCUT2D eigenvalue weighted by Crippen LogP contribution is -2.26. The monoisotopic (exact) mass is 660 g/mol. The SMILES string of the molecule is COc1ccc(NS(=O)(=O)CC(=O)OC(Cc2c(Cl)cncc2Cl)c2ccc(OC(F)F)c(OCC3CC3)c2)cc1OC. The van der Waals surface area contributed by atoms with Gasteiger partial charge in [0.2, 0.25) is 10.0 Å². The van der Waals surface area contributed by atoms with Crippen molar-refractivity contribution in [3.63, 3.8) is 0 Å². The van der Waals surface area contributed by atoms with Crippen LogP contribution in [-0.2, 0) is 26.0 Å². The van der Waals surface area contributed by atoms with Crippen LogP contribution in [0, 0.1) is 5.92 Å². The highest BCUT2D eigenvalue weighted by Gasteiger charge is 2.27. The number of pyridine rings is 1. The first kappa shape index (κ1) is 32.4. The second-order valence-corrected chi connectivity index (χ2v) is 12.1. The second kappa shape index (κ2) is 14.3. The van der Waals surface area contributed by atoms with Gasteiger partial charge in [-0.1, -0.05) is 29.3 Å². The van der Waals surface area contributed by atoms with Gasteiger partial charge >= 0.3 is 12.6 Å². The maximum atomic E-state index is 13.1. The fourth-order valence-electron chi connectivity index (χ4n) is 4.03. The van der Waals surface area contributed by atoms with Gasteiger partial charge in [0, 0.05) is 24.9 Å². The van der Waals surface area contributed by atoms with Crippen molar-refractivity contribution in [2.24, 2.45) is 5.92 Å². The fourth-order valence-corrected chi connectivity index (χ4v) is 5.49. The molecule has 1 saturated carbocycles. The molecule has 4 rings (SSSR count). The highest BCUT2D eigenvalue weighted by Crippen LogP contribution is 2.38. The standard InChI is InChI=1S/C28H28Cl2F2N2O8S/c1-38-22-8-6-18(10-25(22)39-2)34-43(36,37)15-27(35)41-24(11-19-20(29)12-33-13-21(19)30)17-5-7-23(42-28(31)32)26(9-17)40-14-16-3-4-16/h5-10,12-13,16,24,28,34H,3-4,11,14-15H2,1-2H3. The smallest absolute Gasteiger partial charge is 0.387 e. The minimum atomic E-state index is -4.25. The average Bonchev–Trinajstić information content (AvgIpc) is 3.77. The van der Waals surface area contributed by atoms with E-state index in [0.29, 0.717) is 22.8 Å². The average molecular weight is 662 g/mol. The Morgan fingerprint density at radius 3 is 2.30 bits per heavy atom. The van der Waals surface area contributed by atoms with E-state index in [1.165, 1.54) is 63.0 Å². The van der Waals surface area contributed by atoms with Gasteiger partial charge in [0.15, 0.2) is 28.8 Å². The molecular weight excluding hydrogens is 633 g/mol. The molecule has 1 atom stereocenters. The summed E-state index contributed by atoms with van der Waals surface area (Å²) in [6.45, 7) is -2.81. The number of nitrogens with zero attached hydrogens (tertiary/aromatic N) is 1. The maximum Gasteiger partial charge on any atom is 0.387 e. The number of methoxy groups -OCH3 is 2. The number of hydrogen-bond donors (Lipinski definition) is 1. The van der Waals surface area contributed by atoms with Crippen molar-refractivity contribution in [3.8, 4) is 23.0 Å². The number of ether oxygens (including phenoxy) is 5. The number of nitrogens with one attached hydrogen (secondary N) is 1. The van der Waals surface area contributed by atoms with E-state index in [4.69, 9.17) is 42.1 Å². The molecule has 3 aromatic rings. The highest BCUT2D eigenvalue weighted by molar-refractivity contribution is 7.93. The van der Waals surface area contributed by atoms with E-state index in [1.54, 1.807) is 0 Å². The van der Waals surface area contributed by atoms with Crippen molar-refractivity contribution in [2.75, 3.05) is 31.3 Å². The molecule has 0 aliphatic heterocycles. The number of rotatable bonds is 15. The van der Waals surface area contributed by atoms with Gasteiger partial charge < -0.3 is 23.7 Å². The quantitative estimate of drug-likeness (QED) is 0.194. The number of carbonyl (C=O) groups is 1. The topological polar surface area (TPSA) is 122 Å². The Labute approximate surface area is 257 Å². The number of carbonyl (C=O) groups excluding carboxylic acids is 1. The molecule has 1 N–H and O–H groups in total. The third kappa shape index (κ3) is 9.22. The first-order valence-corrected chi connectivity index (χ1v) is 15.3. The minimum absolute atomic E-state index is 0.0143. The third-order valence-electron chi connectivity index (χ3n) is 6.31. The molecule has 0 amide bonds. The number of hydrogen-bond acceptors (Lipinski definition) is 9. The Kier molecular flexibility index (Phi) is 10.7. The van der Waals surface area contributed by atoms with Gasteiger partial charge in [-0.3, -0.25) is 14.5 Å². The molecule has 0 saturated heterocycles. The summed E-state index contributed by atoms with van der Waals surface area (Å²) >= 11 is 12.6. The summed E-state index contributed by atoms with van der Waals surface area (Å²) in [5.41, 5.74) is 0.801. The summed E-state index contributed by atoms with van der Waals surface area (Å²) in [5.74, 6) is -1.39. The predicted octanol–water partition coefficient (Wildman–Crippen LogP) is 6.06. The van der Waals surface area contributed by atoms with Gasteiger partial charge in [-0.05, 0) is 54.2 Å². The van der Waals surface area contributed by atoms with Crippen molar-refractivity contribution in [3.05, 3.63) is 70.0 Å². The van der Waals surface area contributed by atoms with E-state index in [2.05, 4.69) is 14.4 Å². The van der Waals surface area contributed by atoms with Gasteiger partial charge in [-0.2, -0.15) is 8.78 Å². The molecule has 2 aromatic carbocycles. The van der Waals surface area contributed by atoms with Crippen LogP contribution in [0.15, 0.2) is 48.8 Å². The van der Waals surface area contributed by atoms with Crippen molar-refractivity contribution >= 4 is 44.9 Å². The molecule has 0 bridgehead atoms. The molecule has 1 fully saturated rings. The van der Waals surface area contributed by atoms with E-state index in [1.807, 2.05) is 0 Å². The van der Waals surface area contributed by atoms with Crippen LogP contribution in [0.25, 0.3) is 0 Å². The largest absolute Gasteiger partial charge is 0.493 e. The normalized spacial score (nSPS) is 13.7. The van der Waals surface area contributed by atoms with Gasteiger partial charge in [0.25, 0.3) is 0 Å². The summed E-state index contributed by atoms with van der Waals surface area (Å²) in [5, 5.41) is 0.360. The van der Waals surface area contributed by atoms with Crippen molar-refractivity contribution in [1.82, 2.24) is 4.98 Å².